The first-order chi connectivity index (χ1) is 7.65. The van der Waals surface area contributed by atoms with Crippen LogP contribution in [0, 0.1) is 6.92 Å². The van der Waals surface area contributed by atoms with Crippen molar-refractivity contribution in [3.8, 4) is 0 Å². The molecule has 0 aliphatic rings. The summed E-state index contributed by atoms with van der Waals surface area (Å²) < 4.78 is 0. The van der Waals surface area contributed by atoms with E-state index in [2.05, 4.69) is 10.6 Å². The number of carbonyl (C=O) groups is 1. The van der Waals surface area contributed by atoms with Crippen LogP contribution >= 0.6 is 0 Å². The quantitative estimate of drug-likeness (QED) is 0.799. The van der Waals surface area contributed by atoms with E-state index in [1.807, 2.05) is 45.0 Å². The van der Waals surface area contributed by atoms with Gasteiger partial charge in [0.15, 0.2) is 0 Å². The number of carbonyl (C=O) groups excluding carboxylic acids is 1. The van der Waals surface area contributed by atoms with Crippen LogP contribution in [0.4, 0.5) is 5.69 Å². The largest absolute Gasteiger partial charge is 0.374 e. The minimum atomic E-state index is -0.201. The molecular formula is C13H20N2O. The number of para-hydroxylation sites is 1. The van der Waals surface area contributed by atoms with Gasteiger partial charge in [-0.3, -0.25) is 4.79 Å². The number of rotatable bonds is 5. The number of benzene rings is 1. The Morgan fingerprint density at radius 3 is 2.69 bits per heavy atom. The van der Waals surface area contributed by atoms with E-state index in [1.54, 1.807) is 0 Å². The molecule has 3 nitrogen and oxygen atoms in total. The van der Waals surface area contributed by atoms with E-state index in [0.717, 1.165) is 24.2 Å². The first-order valence-corrected chi connectivity index (χ1v) is 5.75. The summed E-state index contributed by atoms with van der Waals surface area (Å²) in [6, 6.07) is 7.76. The van der Waals surface area contributed by atoms with Crippen LogP contribution in [0.1, 0.15) is 25.8 Å². The van der Waals surface area contributed by atoms with Crippen molar-refractivity contribution in [2.24, 2.45) is 0 Å². The molecule has 0 aliphatic heterocycles. The van der Waals surface area contributed by atoms with Gasteiger partial charge in [0.1, 0.15) is 6.04 Å². The molecule has 0 aromatic heterocycles. The predicted molar refractivity (Wildman–Crippen MR) is 67.6 cm³/mol. The maximum Gasteiger partial charge on any atom is 0.242 e. The summed E-state index contributed by atoms with van der Waals surface area (Å²) in [5, 5.41) is 6.08. The highest BCUT2D eigenvalue weighted by atomic mass is 16.2. The predicted octanol–water partition coefficient (Wildman–Crippen LogP) is 2.32. The Balaban J connectivity index is 2.54. The minimum Gasteiger partial charge on any atom is -0.374 e. The second-order valence-electron chi connectivity index (χ2n) is 3.97. The molecule has 0 fully saturated rings. The molecule has 0 bridgehead atoms. The lowest BCUT2D eigenvalue weighted by Gasteiger charge is -2.16. The molecule has 1 amide bonds. The first-order valence-electron chi connectivity index (χ1n) is 5.75. The fraction of sp³-hybridized carbons (Fsp3) is 0.462. The third-order valence-electron chi connectivity index (χ3n) is 2.46. The number of aryl methyl sites for hydroxylation is 1. The van der Waals surface area contributed by atoms with Crippen LogP contribution in [-0.4, -0.2) is 18.5 Å². The highest BCUT2D eigenvalue weighted by Crippen LogP contribution is 2.14. The number of nitrogens with one attached hydrogen (secondary N) is 2. The van der Waals surface area contributed by atoms with E-state index in [-0.39, 0.29) is 11.9 Å². The van der Waals surface area contributed by atoms with Crippen molar-refractivity contribution in [3.05, 3.63) is 29.8 Å². The minimum absolute atomic E-state index is 0.0464. The molecule has 1 atom stereocenters. The van der Waals surface area contributed by atoms with Gasteiger partial charge in [-0.15, -0.1) is 0 Å². The zero-order chi connectivity index (χ0) is 12.0. The summed E-state index contributed by atoms with van der Waals surface area (Å²) in [7, 11) is 0. The molecule has 3 heteroatoms. The summed E-state index contributed by atoms with van der Waals surface area (Å²) >= 11 is 0. The summed E-state index contributed by atoms with van der Waals surface area (Å²) in [5.41, 5.74) is 2.17. The van der Waals surface area contributed by atoms with Gasteiger partial charge in [-0.05, 0) is 31.9 Å². The van der Waals surface area contributed by atoms with Crippen LogP contribution in [-0.2, 0) is 4.79 Å². The zero-order valence-corrected chi connectivity index (χ0v) is 10.2. The fourth-order valence-electron chi connectivity index (χ4n) is 1.43. The summed E-state index contributed by atoms with van der Waals surface area (Å²) in [6.45, 7) is 6.68. The van der Waals surface area contributed by atoms with Crippen molar-refractivity contribution in [2.75, 3.05) is 11.9 Å². The Hall–Kier alpha value is -1.51. The maximum atomic E-state index is 11.6. The lowest BCUT2D eigenvalue weighted by atomic mass is 10.2. The van der Waals surface area contributed by atoms with Gasteiger partial charge in [0.25, 0.3) is 0 Å². The van der Waals surface area contributed by atoms with Crippen molar-refractivity contribution in [1.29, 1.82) is 0 Å². The molecule has 0 radical (unpaired) electrons. The smallest absolute Gasteiger partial charge is 0.242 e. The molecule has 0 spiro atoms. The third-order valence-corrected chi connectivity index (χ3v) is 2.46. The van der Waals surface area contributed by atoms with Crippen LogP contribution in [0.25, 0.3) is 0 Å². The normalized spacial score (nSPS) is 11.9. The molecule has 1 aromatic carbocycles. The monoisotopic (exact) mass is 220 g/mol. The maximum absolute atomic E-state index is 11.6. The Bertz CT molecular complexity index is 350. The highest BCUT2D eigenvalue weighted by molar-refractivity contribution is 5.84. The molecule has 0 heterocycles. The molecule has 0 saturated carbocycles. The van der Waals surface area contributed by atoms with Gasteiger partial charge in [0.2, 0.25) is 5.91 Å². The van der Waals surface area contributed by atoms with Crippen LogP contribution < -0.4 is 10.6 Å². The Kier molecular flexibility index (Phi) is 4.83. The lowest BCUT2D eigenvalue weighted by Crippen LogP contribution is -2.38. The van der Waals surface area contributed by atoms with Crippen molar-refractivity contribution in [2.45, 2.75) is 33.2 Å². The van der Waals surface area contributed by atoms with E-state index >= 15 is 0 Å². The summed E-state index contributed by atoms with van der Waals surface area (Å²) in [4.78, 5) is 11.6. The average Bonchev–Trinajstić information content (AvgIpc) is 2.28. The highest BCUT2D eigenvalue weighted by Gasteiger charge is 2.11. The van der Waals surface area contributed by atoms with E-state index in [1.165, 1.54) is 0 Å². The fourth-order valence-corrected chi connectivity index (χ4v) is 1.43. The molecule has 2 N–H and O–H groups in total. The summed E-state index contributed by atoms with van der Waals surface area (Å²) in [6.07, 6.45) is 0.961. The zero-order valence-electron chi connectivity index (χ0n) is 10.2. The molecule has 0 saturated heterocycles. The summed E-state index contributed by atoms with van der Waals surface area (Å²) in [5.74, 6) is 0.0464. The SMILES string of the molecule is CCCNC(=O)C(C)Nc1ccccc1C. The van der Waals surface area contributed by atoms with Crippen LogP contribution in [0.2, 0.25) is 0 Å². The number of amides is 1. The van der Waals surface area contributed by atoms with Gasteiger partial charge in [0, 0.05) is 12.2 Å². The van der Waals surface area contributed by atoms with Gasteiger partial charge in [0.05, 0.1) is 0 Å². The van der Waals surface area contributed by atoms with Crippen molar-refractivity contribution in [3.63, 3.8) is 0 Å². The van der Waals surface area contributed by atoms with Gasteiger partial charge < -0.3 is 10.6 Å². The van der Waals surface area contributed by atoms with Crippen molar-refractivity contribution < 1.29 is 4.79 Å². The Morgan fingerprint density at radius 1 is 1.38 bits per heavy atom. The topological polar surface area (TPSA) is 41.1 Å². The lowest BCUT2D eigenvalue weighted by molar-refractivity contribution is -0.121. The van der Waals surface area contributed by atoms with Crippen molar-refractivity contribution >= 4 is 11.6 Å². The molecule has 0 aliphatic carbocycles. The van der Waals surface area contributed by atoms with E-state index in [4.69, 9.17) is 0 Å². The molecule has 1 rings (SSSR count). The molecular weight excluding hydrogens is 200 g/mol. The van der Waals surface area contributed by atoms with Gasteiger partial charge in [-0.1, -0.05) is 25.1 Å². The molecule has 88 valence electrons. The van der Waals surface area contributed by atoms with Gasteiger partial charge >= 0.3 is 0 Å². The van der Waals surface area contributed by atoms with Crippen molar-refractivity contribution in [1.82, 2.24) is 5.32 Å². The molecule has 1 aromatic rings. The Morgan fingerprint density at radius 2 is 2.06 bits per heavy atom. The number of hydrogen-bond acceptors (Lipinski definition) is 2. The van der Waals surface area contributed by atoms with Crippen LogP contribution in [0.3, 0.4) is 0 Å². The second kappa shape index (κ2) is 6.16. The number of hydrogen-bond donors (Lipinski definition) is 2. The van der Waals surface area contributed by atoms with E-state index in [0.29, 0.717) is 0 Å². The second-order valence-corrected chi connectivity index (χ2v) is 3.97. The average molecular weight is 220 g/mol. The van der Waals surface area contributed by atoms with Gasteiger partial charge in [-0.2, -0.15) is 0 Å². The van der Waals surface area contributed by atoms with Crippen LogP contribution in [0.5, 0.6) is 0 Å². The standard InChI is InChI=1S/C13H20N2O/c1-4-9-14-13(16)11(3)15-12-8-6-5-7-10(12)2/h5-8,11,15H,4,9H2,1-3H3,(H,14,16). The van der Waals surface area contributed by atoms with Crippen LogP contribution in [0.15, 0.2) is 24.3 Å². The third kappa shape index (κ3) is 3.57. The number of anilines is 1. The van der Waals surface area contributed by atoms with E-state index < -0.39 is 0 Å². The first kappa shape index (κ1) is 12.6. The Labute approximate surface area is 97.2 Å². The molecule has 1 unspecified atom stereocenters. The molecule has 16 heavy (non-hydrogen) atoms. The van der Waals surface area contributed by atoms with E-state index in [9.17, 15) is 4.79 Å². The van der Waals surface area contributed by atoms with Gasteiger partial charge in [-0.25, -0.2) is 0 Å².